The number of nitrogens with zero attached hydrogens (tertiary/aromatic N) is 2. The molecule has 120 valence electrons. The summed E-state index contributed by atoms with van der Waals surface area (Å²) < 4.78 is 25.1. The van der Waals surface area contributed by atoms with E-state index in [4.69, 9.17) is 9.47 Å². The molecule has 1 aliphatic rings. The summed E-state index contributed by atoms with van der Waals surface area (Å²) in [6.45, 7) is 0. The predicted octanol–water partition coefficient (Wildman–Crippen LogP) is 4.69. The fourth-order valence-corrected chi connectivity index (χ4v) is 2.67. The molecule has 2 heterocycles. The average Bonchev–Trinajstić information content (AvgIpc) is 2.61. The Morgan fingerprint density at radius 2 is 1.54 bits per heavy atom. The van der Waals surface area contributed by atoms with E-state index in [1.165, 1.54) is 6.07 Å². The molecule has 0 bridgehead atoms. The summed E-state index contributed by atoms with van der Waals surface area (Å²) in [5.41, 5.74) is 1.52. The van der Waals surface area contributed by atoms with Crippen LogP contribution < -0.4 is 9.47 Å². The minimum atomic E-state index is -0.164. The van der Waals surface area contributed by atoms with Gasteiger partial charge in [-0.2, -0.15) is 5.10 Å². The molecule has 0 radical (unpaired) electrons. The Morgan fingerprint density at radius 3 is 2.38 bits per heavy atom. The Balaban J connectivity index is 1.44. The van der Waals surface area contributed by atoms with Crippen molar-refractivity contribution in [1.29, 1.82) is 0 Å². The minimum Gasteiger partial charge on any atom is -0.448 e. The Labute approximate surface area is 138 Å². The lowest BCUT2D eigenvalue weighted by molar-refractivity contribution is 0.342. The molecule has 1 aromatic heterocycles. The van der Waals surface area contributed by atoms with E-state index in [9.17, 15) is 4.39 Å². The molecule has 4 rings (SSSR count). The molecule has 0 aliphatic carbocycles. The highest BCUT2D eigenvalue weighted by Crippen LogP contribution is 2.43. The van der Waals surface area contributed by atoms with Crippen LogP contribution in [0.15, 0.2) is 54.6 Å². The van der Waals surface area contributed by atoms with E-state index in [0.29, 0.717) is 36.0 Å². The number of hydrogen-bond acceptors (Lipinski definition) is 4. The molecule has 4 nitrogen and oxygen atoms in total. The number of benzene rings is 2. The van der Waals surface area contributed by atoms with E-state index in [1.807, 2.05) is 42.5 Å². The van der Waals surface area contributed by atoms with Crippen molar-refractivity contribution in [3.63, 3.8) is 0 Å². The van der Waals surface area contributed by atoms with Crippen molar-refractivity contribution in [1.82, 2.24) is 10.2 Å². The number of aryl methyl sites for hydroxylation is 2. The van der Waals surface area contributed by atoms with Gasteiger partial charge in [-0.25, -0.2) is 4.39 Å². The third-order valence-electron chi connectivity index (χ3n) is 3.89. The zero-order chi connectivity index (χ0) is 16.4. The second kappa shape index (κ2) is 6.28. The molecular formula is C19H15FN2O2. The summed E-state index contributed by atoms with van der Waals surface area (Å²) in [5.74, 6) is 2.06. The van der Waals surface area contributed by atoms with Crippen LogP contribution in [0.3, 0.4) is 0 Å². The minimum absolute atomic E-state index is 0.164. The van der Waals surface area contributed by atoms with Crippen molar-refractivity contribution in [2.75, 3.05) is 0 Å². The van der Waals surface area contributed by atoms with Crippen LogP contribution in [0.2, 0.25) is 0 Å². The molecule has 2 aromatic carbocycles. The summed E-state index contributed by atoms with van der Waals surface area (Å²) in [4.78, 5) is 0. The Hall–Kier alpha value is -2.95. The van der Waals surface area contributed by atoms with Gasteiger partial charge in [0.1, 0.15) is 5.82 Å². The molecule has 0 spiro atoms. The van der Waals surface area contributed by atoms with Crippen molar-refractivity contribution < 1.29 is 13.9 Å². The molecule has 5 heteroatoms. The summed E-state index contributed by atoms with van der Waals surface area (Å²) in [5, 5.41) is 8.26. The number of hydrogen-bond donors (Lipinski definition) is 0. The van der Waals surface area contributed by atoms with Gasteiger partial charge in [0.15, 0.2) is 17.2 Å². The highest BCUT2D eigenvalue weighted by molar-refractivity contribution is 5.51. The SMILES string of the molecule is Fc1ccccc1CCCc1cc2c(nn1)Oc1ccccc1O2. The Bertz CT molecular complexity index is 883. The molecular weight excluding hydrogens is 307 g/mol. The third-order valence-corrected chi connectivity index (χ3v) is 3.89. The maximum absolute atomic E-state index is 13.6. The molecule has 0 amide bonds. The monoisotopic (exact) mass is 322 g/mol. The van der Waals surface area contributed by atoms with Crippen molar-refractivity contribution in [3.8, 4) is 23.1 Å². The van der Waals surface area contributed by atoms with Gasteiger partial charge in [0, 0.05) is 6.07 Å². The van der Waals surface area contributed by atoms with Crippen LogP contribution in [0.5, 0.6) is 23.1 Å². The molecule has 1 aliphatic heterocycles. The molecule has 0 atom stereocenters. The van der Waals surface area contributed by atoms with Gasteiger partial charge in [0.25, 0.3) is 5.88 Å². The number of ether oxygens (including phenoxy) is 2. The van der Waals surface area contributed by atoms with E-state index in [2.05, 4.69) is 10.2 Å². The first-order valence-corrected chi connectivity index (χ1v) is 7.84. The van der Waals surface area contributed by atoms with E-state index < -0.39 is 0 Å². The number of halogens is 1. The van der Waals surface area contributed by atoms with E-state index in [1.54, 1.807) is 6.07 Å². The second-order valence-electron chi connectivity index (χ2n) is 5.60. The van der Waals surface area contributed by atoms with Crippen molar-refractivity contribution in [2.24, 2.45) is 0 Å². The second-order valence-corrected chi connectivity index (χ2v) is 5.60. The van der Waals surface area contributed by atoms with Gasteiger partial charge >= 0.3 is 0 Å². The lowest BCUT2D eigenvalue weighted by atomic mass is 10.1. The topological polar surface area (TPSA) is 44.2 Å². The average molecular weight is 322 g/mol. The van der Waals surface area contributed by atoms with Crippen LogP contribution in [-0.2, 0) is 12.8 Å². The Morgan fingerprint density at radius 1 is 0.792 bits per heavy atom. The third kappa shape index (κ3) is 2.93. The van der Waals surface area contributed by atoms with Gasteiger partial charge < -0.3 is 9.47 Å². The fraction of sp³-hybridized carbons (Fsp3) is 0.158. The van der Waals surface area contributed by atoms with Crippen LogP contribution in [0.4, 0.5) is 4.39 Å². The quantitative estimate of drug-likeness (QED) is 0.547. The van der Waals surface area contributed by atoms with Gasteiger partial charge in [-0.1, -0.05) is 30.3 Å². The van der Waals surface area contributed by atoms with Gasteiger partial charge in [0.05, 0.1) is 5.69 Å². The standard InChI is InChI=1S/C19H15FN2O2/c20-15-9-2-1-6-13(15)7-5-8-14-12-18-19(22-21-14)24-17-11-4-3-10-16(17)23-18/h1-4,6,9-12H,5,7-8H2. The van der Waals surface area contributed by atoms with Crippen LogP contribution in [0.1, 0.15) is 17.7 Å². The molecule has 0 saturated heterocycles. The van der Waals surface area contributed by atoms with Crippen LogP contribution in [0.25, 0.3) is 0 Å². The first-order valence-electron chi connectivity index (χ1n) is 7.84. The number of fused-ring (bicyclic) bond motifs is 2. The number of aromatic nitrogens is 2. The molecule has 24 heavy (non-hydrogen) atoms. The Kier molecular flexibility index (Phi) is 3.83. The van der Waals surface area contributed by atoms with E-state index in [-0.39, 0.29) is 5.82 Å². The maximum atomic E-state index is 13.6. The zero-order valence-electron chi connectivity index (χ0n) is 12.9. The van der Waals surface area contributed by atoms with E-state index >= 15 is 0 Å². The smallest absolute Gasteiger partial charge is 0.282 e. The van der Waals surface area contributed by atoms with Crippen molar-refractivity contribution in [2.45, 2.75) is 19.3 Å². The van der Waals surface area contributed by atoms with Gasteiger partial charge in [-0.15, -0.1) is 5.10 Å². The summed E-state index contributed by atoms with van der Waals surface area (Å²) in [7, 11) is 0. The van der Waals surface area contributed by atoms with Crippen molar-refractivity contribution >= 4 is 0 Å². The van der Waals surface area contributed by atoms with Gasteiger partial charge in [-0.3, -0.25) is 0 Å². The molecule has 0 saturated carbocycles. The number of para-hydroxylation sites is 2. The van der Waals surface area contributed by atoms with Crippen LogP contribution >= 0.6 is 0 Å². The summed E-state index contributed by atoms with van der Waals surface area (Å²) in [6.07, 6.45) is 2.14. The summed E-state index contributed by atoms with van der Waals surface area (Å²) >= 11 is 0. The largest absolute Gasteiger partial charge is 0.448 e. The lowest BCUT2D eigenvalue weighted by Gasteiger charge is -2.19. The van der Waals surface area contributed by atoms with E-state index in [0.717, 1.165) is 17.7 Å². The summed E-state index contributed by atoms with van der Waals surface area (Å²) in [6, 6.07) is 16.1. The lowest BCUT2D eigenvalue weighted by Crippen LogP contribution is -2.04. The highest BCUT2D eigenvalue weighted by Gasteiger charge is 2.20. The van der Waals surface area contributed by atoms with Crippen LogP contribution in [-0.4, -0.2) is 10.2 Å². The predicted molar refractivity (Wildman–Crippen MR) is 87.0 cm³/mol. The zero-order valence-corrected chi connectivity index (χ0v) is 12.9. The molecule has 0 N–H and O–H groups in total. The maximum Gasteiger partial charge on any atom is 0.282 e. The van der Waals surface area contributed by atoms with Crippen LogP contribution in [0, 0.1) is 5.82 Å². The first-order chi connectivity index (χ1) is 11.8. The highest BCUT2D eigenvalue weighted by atomic mass is 19.1. The van der Waals surface area contributed by atoms with Gasteiger partial charge in [-0.05, 0) is 43.0 Å². The number of rotatable bonds is 4. The van der Waals surface area contributed by atoms with Crippen molar-refractivity contribution in [3.05, 3.63) is 71.7 Å². The first kappa shape index (κ1) is 14.6. The molecule has 0 unspecified atom stereocenters. The molecule has 3 aromatic rings. The normalized spacial score (nSPS) is 11.9. The molecule has 0 fully saturated rings. The van der Waals surface area contributed by atoms with Gasteiger partial charge in [0.2, 0.25) is 0 Å². The fourth-order valence-electron chi connectivity index (χ4n) is 2.67.